The largest absolute Gasteiger partial charge is 0.508 e. The second kappa shape index (κ2) is 5.45. The van der Waals surface area contributed by atoms with E-state index in [1.807, 2.05) is 12.1 Å². The first-order valence-electron chi connectivity index (χ1n) is 9.44. The normalized spacial score (nSPS) is 44.1. The van der Waals surface area contributed by atoms with E-state index in [0.717, 1.165) is 30.4 Å². The topological polar surface area (TPSA) is 40.5 Å². The van der Waals surface area contributed by atoms with E-state index in [4.69, 9.17) is 0 Å². The number of phenols is 1. The van der Waals surface area contributed by atoms with Crippen molar-refractivity contribution < 1.29 is 14.6 Å². The minimum Gasteiger partial charge on any atom is -0.508 e. The van der Waals surface area contributed by atoms with Crippen LogP contribution in [0.4, 0.5) is 4.39 Å². The number of benzene rings is 1. The predicted octanol–water partition coefficient (Wildman–Crippen LogP) is 4.44. The van der Waals surface area contributed by atoms with Gasteiger partial charge in [0.15, 0.2) is 0 Å². The molecule has 2 N–H and O–H groups in total. The van der Waals surface area contributed by atoms with E-state index in [2.05, 4.69) is 20.8 Å². The lowest BCUT2D eigenvalue weighted by Gasteiger charge is -2.54. The summed E-state index contributed by atoms with van der Waals surface area (Å²) in [6, 6.07) is 5.49. The molecule has 3 aliphatic rings. The Balaban J connectivity index is 1.83. The predicted molar refractivity (Wildman–Crippen MR) is 92.7 cm³/mol. The summed E-state index contributed by atoms with van der Waals surface area (Å²) < 4.78 is 15.4. The third-order valence-corrected chi connectivity index (χ3v) is 7.35. The lowest BCUT2D eigenvalue weighted by Crippen LogP contribution is -2.50. The summed E-state index contributed by atoms with van der Waals surface area (Å²) >= 11 is 0. The van der Waals surface area contributed by atoms with Gasteiger partial charge in [-0.25, -0.2) is 4.39 Å². The van der Waals surface area contributed by atoms with Crippen LogP contribution in [-0.2, 0) is 6.42 Å². The molecule has 1 aromatic carbocycles. The fraction of sp³-hybridized carbons (Fsp3) is 0.714. The number of hydrogen-bond donors (Lipinski definition) is 2. The lowest BCUT2D eigenvalue weighted by molar-refractivity contribution is -0.0341. The van der Waals surface area contributed by atoms with Gasteiger partial charge in [-0.2, -0.15) is 0 Å². The lowest BCUT2D eigenvalue weighted by atomic mass is 9.51. The number of fused-ring (bicyclic) bond motifs is 5. The van der Waals surface area contributed by atoms with Crippen LogP contribution in [0.15, 0.2) is 18.2 Å². The summed E-state index contributed by atoms with van der Waals surface area (Å²) in [7, 11) is 0. The molecular weight excluding hydrogens is 303 g/mol. The molecule has 2 saturated carbocycles. The van der Waals surface area contributed by atoms with Gasteiger partial charge in [0.25, 0.3) is 0 Å². The first-order valence-corrected chi connectivity index (χ1v) is 9.44. The molecule has 0 aliphatic heterocycles. The monoisotopic (exact) mass is 332 g/mol. The molecule has 0 heterocycles. The van der Waals surface area contributed by atoms with Crippen molar-refractivity contribution in [3.8, 4) is 5.75 Å². The SMILES string of the molecule is CC(C)[C@H]1Cc2cc(O)ccc2[C@@H]2[C@@H]1[C@@H]1C[C@@H](O)C[C@@]1(C)C[C@@H]2F. The van der Waals surface area contributed by atoms with E-state index >= 15 is 4.39 Å². The van der Waals surface area contributed by atoms with Crippen LogP contribution in [0.3, 0.4) is 0 Å². The molecule has 0 bridgehead atoms. The van der Waals surface area contributed by atoms with Gasteiger partial charge < -0.3 is 10.2 Å². The Morgan fingerprint density at radius 1 is 1.25 bits per heavy atom. The second-order valence-electron chi connectivity index (χ2n) is 9.17. The maximum absolute atomic E-state index is 15.4. The van der Waals surface area contributed by atoms with Gasteiger partial charge in [-0.05, 0) is 78.0 Å². The number of hydrogen-bond acceptors (Lipinski definition) is 2. The number of halogens is 1. The summed E-state index contributed by atoms with van der Waals surface area (Å²) in [5.41, 5.74) is 2.16. The van der Waals surface area contributed by atoms with Crippen LogP contribution in [0.5, 0.6) is 5.75 Å². The van der Waals surface area contributed by atoms with Crippen molar-refractivity contribution in [2.24, 2.45) is 29.1 Å². The fourth-order valence-electron chi connectivity index (χ4n) is 6.40. The van der Waals surface area contributed by atoms with Crippen LogP contribution in [0.1, 0.15) is 57.1 Å². The van der Waals surface area contributed by atoms with Gasteiger partial charge in [0, 0.05) is 5.92 Å². The zero-order chi connectivity index (χ0) is 17.2. The molecular formula is C21H29FO2. The molecule has 0 radical (unpaired) electrons. The van der Waals surface area contributed by atoms with Crippen molar-refractivity contribution >= 4 is 0 Å². The van der Waals surface area contributed by atoms with Crippen molar-refractivity contribution in [2.45, 2.75) is 64.6 Å². The van der Waals surface area contributed by atoms with Crippen molar-refractivity contribution in [2.75, 3.05) is 0 Å². The van der Waals surface area contributed by atoms with Crippen LogP contribution in [0.25, 0.3) is 0 Å². The number of aromatic hydroxyl groups is 1. The zero-order valence-corrected chi connectivity index (χ0v) is 14.9. The average Bonchev–Trinajstić information content (AvgIpc) is 2.79. The van der Waals surface area contributed by atoms with Crippen molar-refractivity contribution in [3.63, 3.8) is 0 Å². The first-order chi connectivity index (χ1) is 11.3. The molecule has 2 nitrogen and oxygen atoms in total. The molecule has 4 rings (SSSR count). The van der Waals surface area contributed by atoms with Crippen LogP contribution in [-0.4, -0.2) is 22.5 Å². The minimum absolute atomic E-state index is 0.0679. The molecule has 3 heteroatoms. The molecule has 0 unspecified atom stereocenters. The third kappa shape index (κ3) is 2.31. The Morgan fingerprint density at radius 2 is 2.00 bits per heavy atom. The van der Waals surface area contributed by atoms with Crippen molar-refractivity contribution in [1.82, 2.24) is 0 Å². The number of phenolic OH excluding ortho intramolecular Hbond substituents is 1. The molecule has 0 aromatic heterocycles. The van der Waals surface area contributed by atoms with Crippen LogP contribution in [0.2, 0.25) is 0 Å². The number of rotatable bonds is 1. The summed E-state index contributed by atoms with van der Waals surface area (Å²) in [5.74, 6) is 1.79. The zero-order valence-electron chi connectivity index (χ0n) is 14.9. The molecule has 3 aliphatic carbocycles. The van der Waals surface area contributed by atoms with Crippen molar-refractivity contribution in [1.29, 1.82) is 0 Å². The summed E-state index contributed by atoms with van der Waals surface area (Å²) in [6.07, 6.45) is 1.90. The van der Waals surface area contributed by atoms with E-state index in [9.17, 15) is 10.2 Å². The van der Waals surface area contributed by atoms with E-state index < -0.39 is 6.17 Å². The average molecular weight is 332 g/mol. The summed E-state index contributed by atoms with van der Waals surface area (Å²) in [6.45, 7) is 6.67. The number of alkyl halides is 1. The van der Waals surface area contributed by atoms with E-state index in [1.54, 1.807) is 6.07 Å². The summed E-state index contributed by atoms with van der Waals surface area (Å²) in [5, 5.41) is 20.2. The Morgan fingerprint density at radius 3 is 2.71 bits per heavy atom. The highest BCUT2D eigenvalue weighted by Gasteiger charge is 2.59. The van der Waals surface area contributed by atoms with Crippen LogP contribution < -0.4 is 0 Å². The number of aliphatic hydroxyl groups excluding tert-OH is 1. The van der Waals surface area contributed by atoms with E-state index in [-0.39, 0.29) is 23.2 Å². The molecule has 132 valence electrons. The third-order valence-electron chi connectivity index (χ3n) is 7.35. The minimum atomic E-state index is -0.855. The van der Waals surface area contributed by atoms with E-state index in [1.165, 1.54) is 0 Å². The van der Waals surface area contributed by atoms with Crippen LogP contribution in [0, 0.1) is 29.1 Å². The number of aliphatic hydroxyl groups is 1. The molecule has 0 spiro atoms. The summed E-state index contributed by atoms with van der Waals surface area (Å²) in [4.78, 5) is 0. The van der Waals surface area contributed by atoms with E-state index in [0.29, 0.717) is 30.1 Å². The van der Waals surface area contributed by atoms with Gasteiger partial charge in [-0.1, -0.05) is 26.8 Å². The smallest absolute Gasteiger partial charge is 0.115 e. The Hall–Kier alpha value is -1.09. The van der Waals surface area contributed by atoms with Gasteiger partial charge in [0.2, 0.25) is 0 Å². The second-order valence-corrected chi connectivity index (χ2v) is 9.17. The molecule has 1 aromatic rings. The van der Waals surface area contributed by atoms with Gasteiger partial charge in [0.1, 0.15) is 11.9 Å². The van der Waals surface area contributed by atoms with Crippen LogP contribution >= 0.6 is 0 Å². The Kier molecular flexibility index (Phi) is 3.72. The van der Waals surface area contributed by atoms with Crippen molar-refractivity contribution in [3.05, 3.63) is 29.3 Å². The molecule has 0 amide bonds. The maximum atomic E-state index is 15.4. The fourth-order valence-corrected chi connectivity index (χ4v) is 6.40. The van der Waals surface area contributed by atoms with Gasteiger partial charge in [-0.15, -0.1) is 0 Å². The van der Waals surface area contributed by atoms with Gasteiger partial charge in [-0.3, -0.25) is 0 Å². The highest BCUT2D eigenvalue weighted by molar-refractivity contribution is 5.41. The Bertz CT molecular complexity index is 643. The quantitative estimate of drug-likeness (QED) is 0.798. The molecule has 2 fully saturated rings. The van der Waals surface area contributed by atoms with Gasteiger partial charge >= 0.3 is 0 Å². The first kappa shape index (κ1) is 16.4. The maximum Gasteiger partial charge on any atom is 0.115 e. The van der Waals surface area contributed by atoms with Gasteiger partial charge in [0.05, 0.1) is 6.10 Å². The standard InChI is InChI=1S/C21H29FO2/c1-11(2)16-7-12-6-13(23)4-5-15(12)20-18(22)10-21(3)9-14(24)8-17(21)19(16)20/h4-6,11,14,16-20,23-24H,7-10H2,1-3H3/t14-,16-,17+,18+,19+,20+,21+/m1/s1. The highest BCUT2D eigenvalue weighted by Crippen LogP contribution is 2.63. The molecule has 24 heavy (non-hydrogen) atoms. The molecule has 0 saturated heterocycles. The molecule has 7 atom stereocenters. The Labute approximate surface area is 144 Å². The highest BCUT2D eigenvalue weighted by atomic mass is 19.1.